The van der Waals surface area contributed by atoms with Crippen molar-refractivity contribution < 1.29 is 23.7 Å². The lowest BCUT2D eigenvalue weighted by Crippen LogP contribution is -2.05. The second-order valence-electron chi connectivity index (χ2n) is 3.27. The van der Waals surface area contributed by atoms with Crippen LogP contribution < -0.4 is 14.2 Å². The molecule has 0 fully saturated rings. The van der Waals surface area contributed by atoms with Crippen molar-refractivity contribution in [1.82, 2.24) is 0 Å². The van der Waals surface area contributed by atoms with E-state index in [4.69, 9.17) is 14.2 Å². The van der Waals surface area contributed by atoms with E-state index in [0.29, 0.717) is 17.2 Å². The Morgan fingerprint density at radius 1 is 1.31 bits per heavy atom. The van der Waals surface area contributed by atoms with Crippen LogP contribution in [0, 0.1) is 0 Å². The van der Waals surface area contributed by atoms with E-state index in [2.05, 4.69) is 4.74 Å². The lowest BCUT2D eigenvalue weighted by Gasteiger charge is -2.08. The molecule has 0 aromatic heterocycles. The van der Waals surface area contributed by atoms with Crippen LogP contribution in [0.3, 0.4) is 0 Å². The zero-order chi connectivity index (χ0) is 11.5. The van der Waals surface area contributed by atoms with Gasteiger partial charge in [0.2, 0.25) is 6.79 Å². The summed E-state index contributed by atoms with van der Waals surface area (Å²) in [5.74, 6) is 1.52. The minimum Gasteiger partial charge on any atom is -0.496 e. The molecule has 2 rings (SSSR count). The van der Waals surface area contributed by atoms with Crippen LogP contribution in [0.15, 0.2) is 12.1 Å². The van der Waals surface area contributed by atoms with Crippen molar-refractivity contribution in [3.63, 3.8) is 0 Å². The van der Waals surface area contributed by atoms with Crippen molar-refractivity contribution in [2.75, 3.05) is 21.0 Å². The van der Waals surface area contributed by atoms with Crippen LogP contribution >= 0.6 is 0 Å². The number of carbonyl (C=O) groups excluding carboxylic acids is 1. The van der Waals surface area contributed by atoms with E-state index >= 15 is 0 Å². The highest BCUT2D eigenvalue weighted by Gasteiger charge is 2.19. The number of fused-ring (bicyclic) bond motifs is 1. The quantitative estimate of drug-likeness (QED) is 0.720. The molecule has 0 radical (unpaired) electrons. The van der Waals surface area contributed by atoms with Crippen molar-refractivity contribution >= 4 is 5.97 Å². The molecule has 0 bridgehead atoms. The summed E-state index contributed by atoms with van der Waals surface area (Å²) in [6, 6.07) is 3.44. The molecule has 0 saturated carbocycles. The smallest absolute Gasteiger partial charge is 0.310 e. The number of hydrogen-bond acceptors (Lipinski definition) is 5. The number of ether oxygens (including phenoxy) is 4. The number of rotatable bonds is 3. The van der Waals surface area contributed by atoms with Crippen molar-refractivity contribution in [1.29, 1.82) is 0 Å². The van der Waals surface area contributed by atoms with Crippen LogP contribution in [0.5, 0.6) is 17.2 Å². The summed E-state index contributed by atoms with van der Waals surface area (Å²) in [5, 5.41) is 0. The zero-order valence-corrected chi connectivity index (χ0v) is 9.11. The highest BCUT2D eigenvalue weighted by atomic mass is 16.7. The molecule has 1 heterocycles. The molecule has 0 amide bonds. The van der Waals surface area contributed by atoms with Crippen molar-refractivity contribution in [3.8, 4) is 17.2 Å². The molecule has 5 nitrogen and oxygen atoms in total. The normalized spacial score (nSPS) is 12.4. The predicted molar refractivity (Wildman–Crippen MR) is 54.8 cm³/mol. The lowest BCUT2D eigenvalue weighted by atomic mass is 10.1. The van der Waals surface area contributed by atoms with Crippen molar-refractivity contribution in [2.24, 2.45) is 0 Å². The van der Waals surface area contributed by atoms with Gasteiger partial charge in [-0.2, -0.15) is 0 Å². The Morgan fingerprint density at radius 3 is 2.62 bits per heavy atom. The molecule has 5 heteroatoms. The maximum absolute atomic E-state index is 11.2. The Kier molecular flexibility index (Phi) is 2.85. The molecule has 1 aliphatic heterocycles. The van der Waals surface area contributed by atoms with Gasteiger partial charge < -0.3 is 18.9 Å². The minimum absolute atomic E-state index is 0.149. The fourth-order valence-corrected chi connectivity index (χ4v) is 1.52. The summed E-state index contributed by atoms with van der Waals surface area (Å²) in [7, 11) is 2.89. The highest BCUT2D eigenvalue weighted by Crippen LogP contribution is 2.38. The third-order valence-electron chi connectivity index (χ3n) is 2.34. The fraction of sp³-hybridized carbons (Fsp3) is 0.364. The fourth-order valence-electron chi connectivity index (χ4n) is 1.52. The van der Waals surface area contributed by atoms with Gasteiger partial charge in [-0.25, -0.2) is 0 Å². The van der Waals surface area contributed by atoms with Gasteiger partial charge in [-0.1, -0.05) is 0 Å². The van der Waals surface area contributed by atoms with Gasteiger partial charge in [-0.3, -0.25) is 4.79 Å². The molecule has 0 unspecified atom stereocenters. The number of methoxy groups -OCH3 is 2. The van der Waals surface area contributed by atoms with Gasteiger partial charge in [-0.15, -0.1) is 0 Å². The maximum atomic E-state index is 11.2. The largest absolute Gasteiger partial charge is 0.496 e. The summed E-state index contributed by atoms with van der Waals surface area (Å²) in [6.45, 7) is 0.195. The van der Waals surface area contributed by atoms with E-state index in [1.165, 1.54) is 14.2 Å². The maximum Gasteiger partial charge on any atom is 0.310 e. The molecule has 0 atom stereocenters. The monoisotopic (exact) mass is 224 g/mol. The number of hydrogen-bond donors (Lipinski definition) is 0. The van der Waals surface area contributed by atoms with E-state index in [1.807, 2.05) is 0 Å². The van der Waals surface area contributed by atoms with Gasteiger partial charge in [0.1, 0.15) is 5.75 Å². The van der Waals surface area contributed by atoms with Gasteiger partial charge in [-0.05, 0) is 6.07 Å². The molecule has 1 aromatic carbocycles. The molecule has 86 valence electrons. The minimum atomic E-state index is -0.322. The molecule has 0 aliphatic carbocycles. The second kappa shape index (κ2) is 4.30. The first kappa shape index (κ1) is 10.6. The third kappa shape index (κ3) is 1.88. The molecule has 16 heavy (non-hydrogen) atoms. The molecule has 0 saturated heterocycles. The number of carbonyl (C=O) groups is 1. The van der Waals surface area contributed by atoms with Crippen molar-refractivity contribution in [3.05, 3.63) is 17.7 Å². The first-order chi connectivity index (χ1) is 7.74. The Bertz CT molecular complexity index is 413. The van der Waals surface area contributed by atoms with Crippen LogP contribution in [0.25, 0.3) is 0 Å². The number of esters is 1. The zero-order valence-electron chi connectivity index (χ0n) is 9.11. The Hall–Kier alpha value is -1.91. The average Bonchev–Trinajstić information content (AvgIpc) is 2.74. The molecular weight excluding hydrogens is 212 g/mol. The van der Waals surface area contributed by atoms with E-state index < -0.39 is 0 Å². The summed E-state index contributed by atoms with van der Waals surface area (Å²) < 4.78 is 20.2. The van der Waals surface area contributed by atoms with Crippen LogP contribution in [-0.2, 0) is 16.0 Å². The van der Waals surface area contributed by atoms with Crippen LogP contribution in [0.1, 0.15) is 5.56 Å². The van der Waals surface area contributed by atoms with Crippen LogP contribution in [0.2, 0.25) is 0 Å². The molecular formula is C11H12O5. The molecule has 1 aromatic rings. The lowest BCUT2D eigenvalue weighted by molar-refractivity contribution is -0.139. The van der Waals surface area contributed by atoms with E-state index in [-0.39, 0.29) is 19.2 Å². The van der Waals surface area contributed by atoms with E-state index in [1.54, 1.807) is 12.1 Å². The summed E-state index contributed by atoms with van der Waals surface area (Å²) in [6.07, 6.45) is 0.149. The summed E-state index contributed by atoms with van der Waals surface area (Å²) in [5.41, 5.74) is 0.721. The van der Waals surface area contributed by atoms with E-state index in [9.17, 15) is 4.79 Å². The first-order valence-corrected chi connectivity index (χ1v) is 4.78. The first-order valence-electron chi connectivity index (χ1n) is 4.78. The van der Waals surface area contributed by atoms with Crippen molar-refractivity contribution in [2.45, 2.75) is 6.42 Å². The second-order valence-corrected chi connectivity index (χ2v) is 3.27. The SMILES string of the molecule is COC(=O)Cc1cc2c(cc1OC)OCO2. The standard InChI is InChI=1S/C11H12O5/c1-13-8-5-10-9(15-6-16-10)3-7(8)4-11(12)14-2/h3,5H,4,6H2,1-2H3. The Morgan fingerprint density at radius 2 is 2.00 bits per heavy atom. The predicted octanol–water partition coefficient (Wildman–Crippen LogP) is 1.14. The van der Waals surface area contributed by atoms with Gasteiger partial charge in [0.05, 0.1) is 20.6 Å². The summed E-state index contributed by atoms with van der Waals surface area (Å²) in [4.78, 5) is 11.2. The van der Waals surface area contributed by atoms with Gasteiger partial charge in [0, 0.05) is 11.6 Å². The van der Waals surface area contributed by atoms with Crippen LogP contribution in [0.4, 0.5) is 0 Å². The van der Waals surface area contributed by atoms with Gasteiger partial charge in [0.15, 0.2) is 11.5 Å². The van der Waals surface area contributed by atoms with Crippen LogP contribution in [-0.4, -0.2) is 27.0 Å². The Balaban J connectivity index is 2.32. The highest BCUT2D eigenvalue weighted by molar-refractivity contribution is 5.74. The molecule has 0 N–H and O–H groups in total. The average molecular weight is 224 g/mol. The van der Waals surface area contributed by atoms with E-state index in [0.717, 1.165) is 5.56 Å². The molecule has 0 spiro atoms. The van der Waals surface area contributed by atoms with Gasteiger partial charge in [0.25, 0.3) is 0 Å². The van der Waals surface area contributed by atoms with Gasteiger partial charge >= 0.3 is 5.97 Å². The molecule has 1 aliphatic rings. The third-order valence-corrected chi connectivity index (χ3v) is 2.34. The topological polar surface area (TPSA) is 54.0 Å². The summed E-state index contributed by atoms with van der Waals surface area (Å²) >= 11 is 0. The Labute approximate surface area is 92.9 Å². The number of benzene rings is 1.